The van der Waals surface area contributed by atoms with E-state index in [1.54, 1.807) is 19.5 Å². The minimum atomic E-state index is -0.591. The molecule has 0 saturated heterocycles. The van der Waals surface area contributed by atoms with E-state index in [4.69, 9.17) is 9.47 Å². The van der Waals surface area contributed by atoms with E-state index in [9.17, 15) is 5.11 Å². The maximum absolute atomic E-state index is 9.91. The summed E-state index contributed by atoms with van der Waals surface area (Å²) >= 11 is 0. The molecule has 0 bridgehead atoms. The quantitative estimate of drug-likeness (QED) is 0.773. The Hall–Kier alpha value is -2.11. The lowest BCUT2D eigenvalue weighted by Gasteiger charge is -2.15. The molecule has 21 heavy (non-hydrogen) atoms. The molecule has 0 aliphatic rings. The number of methoxy groups -OCH3 is 1. The zero-order valence-electron chi connectivity index (χ0n) is 12.0. The molecule has 5 nitrogen and oxygen atoms in total. The second kappa shape index (κ2) is 8.24. The minimum Gasteiger partial charge on any atom is -0.493 e. The van der Waals surface area contributed by atoms with Crippen LogP contribution in [0.3, 0.4) is 0 Å². The van der Waals surface area contributed by atoms with Gasteiger partial charge in [0.1, 0.15) is 12.7 Å². The average Bonchev–Trinajstić information content (AvgIpc) is 2.54. The van der Waals surface area contributed by atoms with E-state index in [-0.39, 0.29) is 6.61 Å². The van der Waals surface area contributed by atoms with Gasteiger partial charge in [0.05, 0.1) is 7.11 Å². The Labute approximate surface area is 124 Å². The first-order valence-corrected chi connectivity index (χ1v) is 6.83. The van der Waals surface area contributed by atoms with Gasteiger partial charge in [-0.2, -0.15) is 0 Å². The number of nitrogens with zero attached hydrogens (tertiary/aromatic N) is 1. The van der Waals surface area contributed by atoms with E-state index in [1.807, 2.05) is 36.4 Å². The molecule has 2 aromatic rings. The molecule has 0 aliphatic carbocycles. The van der Waals surface area contributed by atoms with Crippen LogP contribution in [0.5, 0.6) is 11.5 Å². The van der Waals surface area contributed by atoms with Crippen LogP contribution in [0, 0.1) is 0 Å². The Morgan fingerprint density at radius 2 is 2.00 bits per heavy atom. The molecule has 1 unspecified atom stereocenters. The topological polar surface area (TPSA) is 63.6 Å². The van der Waals surface area contributed by atoms with Gasteiger partial charge in [-0.25, -0.2) is 0 Å². The molecule has 1 atom stereocenters. The Kier molecular flexibility index (Phi) is 5.99. The summed E-state index contributed by atoms with van der Waals surface area (Å²) in [6.07, 6.45) is 2.94. The molecule has 1 aromatic heterocycles. The van der Waals surface area contributed by atoms with Crippen LogP contribution < -0.4 is 14.8 Å². The molecule has 5 heteroatoms. The molecule has 0 amide bonds. The molecule has 2 N–H and O–H groups in total. The molecular formula is C16H20N2O3. The number of aliphatic hydroxyl groups excluding tert-OH is 1. The van der Waals surface area contributed by atoms with Gasteiger partial charge in [-0.15, -0.1) is 0 Å². The summed E-state index contributed by atoms with van der Waals surface area (Å²) < 4.78 is 10.8. The predicted molar refractivity (Wildman–Crippen MR) is 80.4 cm³/mol. The Morgan fingerprint density at radius 1 is 1.19 bits per heavy atom. The van der Waals surface area contributed by atoms with Crippen molar-refractivity contribution in [3.63, 3.8) is 0 Å². The first-order valence-electron chi connectivity index (χ1n) is 6.83. The smallest absolute Gasteiger partial charge is 0.161 e. The molecule has 0 fully saturated rings. The standard InChI is InChI=1S/C16H20N2O3/c1-20-15-6-2-3-7-16(15)21-12-14(19)11-18-10-13-5-4-8-17-9-13/h2-9,14,18-19H,10-12H2,1H3. The molecule has 0 radical (unpaired) electrons. The summed E-state index contributed by atoms with van der Waals surface area (Å²) in [5.74, 6) is 1.29. The number of nitrogens with one attached hydrogen (secondary N) is 1. The van der Waals surface area contributed by atoms with Crippen molar-refractivity contribution in [3.05, 3.63) is 54.4 Å². The van der Waals surface area contributed by atoms with Gasteiger partial charge in [-0.3, -0.25) is 4.98 Å². The fourth-order valence-electron chi connectivity index (χ4n) is 1.87. The number of ether oxygens (including phenoxy) is 2. The van der Waals surface area contributed by atoms with E-state index in [2.05, 4.69) is 10.3 Å². The van der Waals surface area contributed by atoms with Gasteiger partial charge in [-0.05, 0) is 23.8 Å². The second-order valence-electron chi connectivity index (χ2n) is 4.61. The maximum atomic E-state index is 9.91. The second-order valence-corrected chi connectivity index (χ2v) is 4.61. The normalized spacial score (nSPS) is 11.9. The van der Waals surface area contributed by atoms with E-state index >= 15 is 0 Å². The summed E-state index contributed by atoms with van der Waals surface area (Å²) in [5.41, 5.74) is 1.08. The van der Waals surface area contributed by atoms with Crippen LogP contribution in [0.25, 0.3) is 0 Å². The van der Waals surface area contributed by atoms with Crippen LogP contribution >= 0.6 is 0 Å². The molecular weight excluding hydrogens is 268 g/mol. The van der Waals surface area contributed by atoms with Gasteiger partial charge in [0.15, 0.2) is 11.5 Å². The number of aromatic nitrogens is 1. The van der Waals surface area contributed by atoms with E-state index < -0.39 is 6.10 Å². The van der Waals surface area contributed by atoms with Crippen molar-refractivity contribution in [3.8, 4) is 11.5 Å². The predicted octanol–water partition coefficient (Wildman–Crippen LogP) is 1.62. The van der Waals surface area contributed by atoms with Crippen LogP contribution in [0.4, 0.5) is 0 Å². The van der Waals surface area contributed by atoms with Crippen LogP contribution in [-0.4, -0.2) is 36.5 Å². The lowest BCUT2D eigenvalue weighted by Crippen LogP contribution is -2.31. The van der Waals surface area contributed by atoms with Crippen LogP contribution in [0.15, 0.2) is 48.8 Å². The SMILES string of the molecule is COc1ccccc1OCC(O)CNCc1cccnc1. The van der Waals surface area contributed by atoms with Gasteiger partial charge in [0.25, 0.3) is 0 Å². The molecule has 112 valence electrons. The Bertz CT molecular complexity index is 534. The monoisotopic (exact) mass is 288 g/mol. The highest BCUT2D eigenvalue weighted by molar-refractivity contribution is 5.39. The van der Waals surface area contributed by atoms with Crippen molar-refractivity contribution in [1.29, 1.82) is 0 Å². The van der Waals surface area contributed by atoms with Crippen molar-refractivity contribution in [2.24, 2.45) is 0 Å². The van der Waals surface area contributed by atoms with Gasteiger partial charge in [0.2, 0.25) is 0 Å². The van der Waals surface area contributed by atoms with E-state index in [0.717, 1.165) is 5.56 Å². The fourth-order valence-corrected chi connectivity index (χ4v) is 1.87. The lowest BCUT2D eigenvalue weighted by atomic mass is 10.3. The number of benzene rings is 1. The van der Waals surface area contributed by atoms with Gasteiger partial charge in [0, 0.05) is 25.5 Å². The number of rotatable bonds is 8. The third-order valence-corrected chi connectivity index (χ3v) is 2.93. The van der Waals surface area contributed by atoms with Gasteiger partial charge in [-0.1, -0.05) is 18.2 Å². The summed E-state index contributed by atoms with van der Waals surface area (Å²) in [7, 11) is 1.59. The molecule has 1 heterocycles. The number of pyridine rings is 1. The highest BCUT2D eigenvalue weighted by Gasteiger charge is 2.08. The largest absolute Gasteiger partial charge is 0.493 e. The number of para-hydroxylation sites is 2. The third kappa shape index (κ3) is 5.06. The number of hydrogen-bond acceptors (Lipinski definition) is 5. The zero-order valence-corrected chi connectivity index (χ0v) is 12.0. The Balaban J connectivity index is 1.71. The van der Waals surface area contributed by atoms with Crippen molar-refractivity contribution in [2.75, 3.05) is 20.3 Å². The molecule has 0 aliphatic heterocycles. The Morgan fingerprint density at radius 3 is 2.71 bits per heavy atom. The summed E-state index contributed by atoms with van der Waals surface area (Å²) in [6, 6.07) is 11.2. The van der Waals surface area contributed by atoms with Crippen LogP contribution in [0.1, 0.15) is 5.56 Å². The van der Waals surface area contributed by atoms with Crippen LogP contribution in [0.2, 0.25) is 0 Å². The van der Waals surface area contributed by atoms with Gasteiger partial charge < -0.3 is 19.9 Å². The molecule has 1 aromatic carbocycles. The summed E-state index contributed by atoms with van der Waals surface area (Å²) in [4.78, 5) is 4.04. The van der Waals surface area contributed by atoms with Crippen molar-refractivity contribution in [2.45, 2.75) is 12.6 Å². The van der Waals surface area contributed by atoms with E-state index in [1.165, 1.54) is 0 Å². The molecule has 0 spiro atoms. The summed E-state index contributed by atoms with van der Waals surface area (Å²) in [6.45, 7) is 1.32. The average molecular weight is 288 g/mol. The van der Waals surface area contributed by atoms with E-state index in [0.29, 0.717) is 24.6 Å². The highest BCUT2D eigenvalue weighted by atomic mass is 16.5. The summed E-state index contributed by atoms with van der Waals surface area (Å²) in [5, 5.41) is 13.1. The molecule has 0 saturated carbocycles. The first kappa shape index (κ1) is 15.3. The maximum Gasteiger partial charge on any atom is 0.161 e. The van der Waals surface area contributed by atoms with Crippen LogP contribution in [-0.2, 0) is 6.54 Å². The first-order chi connectivity index (χ1) is 10.3. The number of aliphatic hydroxyl groups is 1. The van der Waals surface area contributed by atoms with Crippen molar-refractivity contribution < 1.29 is 14.6 Å². The van der Waals surface area contributed by atoms with Crippen molar-refractivity contribution >= 4 is 0 Å². The third-order valence-electron chi connectivity index (χ3n) is 2.93. The highest BCUT2D eigenvalue weighted by Crippen LogP contribution is 2.25. The lowest BCUT2D eigenvalue weighted by molar-refractivity contribution is 0.104. The number of hydrogen-bond donors (Lipinski definition) is 2. The minimum absolute atomic E-state index is 0.209. The van der Waals surface area contributed by atoms with Crippen molar-refractivity contribution in [1.82, 2.24) is 10.3 Å². The fraction of sp³-hybridized carbons (Fsp3) is 0.312. The zero-order chi connectivity index (χ0) is 14.9. The van der Waals surface area contributed by atoms with Gasteiger partial charge >= 0.3 is 0 Å². The molecule has 2 rings (SSSR count).